The quantitative estimate of drug-likeness (QED) is 0.894. The van der Waals surface area contributed by atoms with Gasteiger partial charge in [0.2, 0.25) is 0 Å². The first kappa shape index (κ1) is 12.5. The number of halogens is 1. The second-order valence-corrected chi connectivity index (χ2v) is 4.39. The number of nitrogens with zero attached hydrogens (tertiary/aromatic N) is 2. The molecule has 4 heteroatoms. The van der Waals surface area contributed by atoms with Crippen molar-refractivity contribution in [3.8, 4) is 0 Å². The molecule has 2 N–H and O–H groups in total. The van der Waals surface area contributed by atoms with Crippen LogP contribution >= 0.6 is 15.9 Å². The number of hydrogen-bond donors (Lipinski definition) is 1. The monoisotopic (exact) mass is 271 g/mol. The predicted molar refractivity (Wildman–Crippen MR) is 68.2 cm³/mol. The molecule has 1 aromatic rings. The van der Waals surface area contributed by atoms with Gasteiger partial charge in [0.05, 0.1) is 4.47 Å². The standard InChI is InChI=1S/C11H18BrN3/c1-3-15(6-4-5-13)11-10(12)7-9(2)8-14-11/h7-8H,3-6,13H2,1-2H3. The van der Waals surface area contributed by atoms with Gasteiger partial charge < -0.3 is 10.6 Å². The van der Waals surface area contributed by atoms with Crippen LogP contribution < -0.4 is 10.6 Å². The summed E-state index contributed by atoms with van der Waals surface area (Å²) < 4.78 is 1.06. The van der Waals surface area contributed by atoms with Crippen LogP contribution in [0.1, 0.15) is 18.9 Å². The van der Waals surface area contributed by atoms with E-state index in [1.807, 2.05) is 13.1 Å². The number of anilines is 1. The minimum atomic E-state index is 0.722. The molecule has 0 atom stereocenters. The summed E-state index contributed by atoms with van der Waals surface area (Å²) in [5.74, 6) is 1.01. The minimum absolute atomic E-state index is 0.722. The Morgan fingerprint density at radius 3 is 2.80 bits per heavy atom. The summed E-state index contributed by atoms with van der Waals surface area (Å²) >= 11 is 3.55. The molecule has 1 rings (SSSR count). The first-order chi connectivity index (χ1) is 7.19. The fourth-order valence-corrected chi connectivity index (χ4v) is 2.17. The van der Waals surface area contributed by atoms with E-state index in [0.29, 0.717) is 0 Å². The van der Waals surface area contributed by atoms with Crippen LogP contribution in [-0.4, -0.2) is 24.6 Å². The van der Waals surface area contributed by atoms with Gasteiger partial charge in [-0.1, -0.05) is 0 Å². The van der Waals surface area contributed by atoms with Gasteiger partial charge in [-0.15, -0.1) is 0 Å². The smallest absolute Gasteiger partial charge is 0.142 e. The highest BCUT2D eigenvalue weighted by molar-refractivity contribution is 9.10. The molecule has 0 fully saturated rings. The Balaban J connectivity index is 2.81. The van der Waals surface area contributed by atoms with E-state index < -0.39 is 0 Å². The zero-order chi connectivity index (χ0) is 11.3. The minimum Gasteiger partial charge on any atom is -0.356 e. The van der Waals surface area contributed by atoms with E-state index in [2.05, 4.69) is 38.8 Å². The van der Waals surface area contributed by atoms with Gasteiger partial charge >= 0.3 is 0 Å². The van der Waals surface area contributed by atoms with Crippen molar-refractivity contribution >= 4 is 21.7 Å². The third kappa shape index (κ3) is 3.47. The molecule has 84 valence electrons. The van der Waals surface area contributed by atoms with Crippen molar-refractivity contribution < 1.29 is 0 Å². The molecule has 0 aromatic carbocycles. The molecule has 15 heavy (non-hydrogen) atoms. The van der Waals surface area contributed by atoms with Gasteiger partial charge in [-0.2, -0.15) is 0 Å². The molecule has 3 nitrogen and oxygen atoms in total. The first-order valence-electron chi connectivity index (χ1n) is 5.26. The number of pyridine rings is 1. The van der Waals surface area contributed by atoms with Crippen LogP contribution in [0.2, 0.25) is 0 Å². The highest BCUT2D eigenvalue weighted by Crippen LogP contribution is 2.24. The molecular weight excluding hydrogens is 254 g/mol. The van der Waals surface area contributed by atoms with Crippen LogP contribution in [0.3, 0.4) is 0 Å². The van der Waals surface area contributed by atoms with Crippen molar-refractivity contribution in [1.29, 1.82) is 0 Å². The van der Waals surface area contributed by atoms with Crippen LogP contribution in [0, 0.1) is 6.92 Å². The molecule has 0 saturated carbocycles. The SMILES string of the molecule is CCN(CCCN)c1ncc(C)cc1Br. The Bertz CT molecular complexity index is 315. The Kier molecular flexibility index (Phi) is 5.05. The Labute approximate surface area is 99.8 Å². The summed E-state index contributed by atoms with van der Waals surface area (Å²) in [6, 6.07) is 2.09. The highest BCUT2D eigenvalue weighted by Gasteiger charge is 2.09. The zero-order valence-electron chi connectivity index (χ0n) is 9.33. The van der Waals surface area contributed by atoms with Crippen molar-refractivity contribution in [3.63, 3.8) is 0 Å². The molecule has 1 aromatic heterocycles. The molecule has 1 heterocycles. The second kappa shape index (κ2) is 6.08. The highest BCUT2D eigenvalue weighted by atomic mass is 79.9. The van der Waals surface area contributed by atoms with E-state index in [1.165, 1.54) is 5.56 Å². The number of aromatic nitrogens is 1. The van der Waals surface area contributed by atoms with Crippen molar-refractivity contribution in [2.24, 2.45) is 5.73 Å². The summed E-state index contributed by atoms with van der Waals surface area (Å²) in [7, 11) is 0. The number of nitrogens with two attached hydrogens (primary N) is 1. The van der Waals surface area contributed by atoms with Crippen LogP contribution in [0.25, 0.3) is 0 Å². The van der Waals surface area contributed by atoms with Gasteiger partial charge in [-0.25, -0.2) is 4.98 Å². The van der Waals surface area contributed by atoms with Crippen molar-refractivity contribution in [2.75, 3.05) is 24.5 Å². The van der Waals surface area contributed by atoms with E-state index in [-0.39, 0.29) is 0 Å². The number of rotatable bonds is 5. The summed E-state index contributed by atoms with van der Waals surface area (Å²) in [6.45, 7) is 6.80. The molecular formula is C11H18BrN3. The van der Waals surface area contributed by atoms with Crippen molar-refractivity contribution in [1.82, 2.24) is 4.98 Å². The fraction of sp³-hybridized carbons (Fsp3) is 0.545. The van der Waals surface area contributed by atoms with Gasteiger partial charge in [-0.05, 0) is 54.4 Å². The lowest BCUT2D eigenvalue weighted by Gasteiger charge is -2.22. The van der Waals surface area contributed by atoms with E-state index >= 15 is 0 Å². The number of hydrogen-bond acceptors (Lipinski definition) is 3. The average Bonchev–Trinajstić information content (AvgIpc) is 2.21. The van der Waals surface area contributed by atoms with E-state index in [0.717, 1.165) is 36.3 Å². The molecule has 0 aliphatic heterocycles. The summed E-state index contributed by atoms with van der Waals surface area (Å²) in [4.78, 5) is 6.67. The van der Waals surface area contributed by atoms with Crippen LogP contribution in [0.4, 0.5) is 5.82 Å². The maximum absolute atomic E-state index is 5.51. The Morgan fingerprint density at radius 1 is 1.53 bits per heavy atom. The third-order valence-corrected chi connectivity index (χ3v) is 2.86. The summed E-state index contributed by atoms with van der Waals surface area (Å²) in [5.41, 5.74) is 6.68. The Morgan fingerprint density at radius 2 is 2.27 bits per heavy atom. The van der Waals surface area contributed by atoms with Gasteiger partial charge in [-0.3, -0.25) is 0 Å². The normalized spacial score (nSPS) is 10.4. The number of aryl methyl sites for hydroxylation is 1. The maximum atomic E-state index is 5.51. The first-order valence-corrected chi connectivity index (χ1v) is 6.05. The van der Waals surface area contributed by atoms with Crippen molar-refractivity contribution in [3.05, 3.63) is 22.3 Å². The topological polar surface area (TPSA) is 42.1 Å². The van der Waals surface area contributed by atoms with Crippen LogP contribution in [0.15, 0.2) is 16.7 Å². The molecule has 0 bridgehead atoms. The van der Waals surface area contributed by atoms with E-state index in [9.17, 15) is 0 Å². The summed E-state index contributed by atoms with van der Waals surface area (Å²) in [5, 5.41) is 0. The molecule has 0 spiro atoms. The molecule has 0 amide bonds. The second-order valence-electron chi connectivity index (χ2n) is 3.54. The zero-order valence-corrected chi connectivity index (χ0v) is 10.9. The van der Waals surface area contributed by atoms with Crippen LogP contribution in [0.5, 0.6) is 0 Å². The van der Waals surface area contributed by atoms with Gasteiger partial charge in [0.25, 0.3) is 0 Å². The lowest BCUT2D eigenvalue weighted by Crippen LogP contribution is -2.26. The molecule has 0 aliphatic carbocycles. The Hall–Kier alpha value is -0.610. The van der Waals surface area contributed by atoms with Gasteiger partial charge in [0, 0.05) is 19.3 Å². The predicted octanol–water partition coefficient (Wildman–Crippen LogP) is 2.33. The summed E-state index contributed by atoms with van der Waals surface area (Å²) in [6.07, 6.45) is 2.89. The molecule has 0 unspecified atom stereocenters. The van der Waals surface area contributed by atoms with Gasteiger partial charge in [0.15, 0.2) is 0 Å². The van der Waals surface area contributed by atoms with Gasteiger partial charge in [0.1, 0.15) is 5.82 Å². The molecule has 0 radical (unpaired) electrons. The fourth-order valence-electron chi connectivity index (χ4n) is 1.45. The van der Waals surface area contributed by atoms with Crippen molar-refractivity contribution in [2.45, 2.75) is 20.3 Å². The van der Waals surface area contributed by atoms with E-state index in [4.69, 9.17) is 5.73 Å². The lowest BCUT2D eigenvalue weighted by molar-refractivity contribution is 0.743. The van der Waals surface area contributed by atoms with Crippen LogP contribution in [-0.2, 0) is 0 Å². The average molecular weight is 272 g/mol. The molecule has 0 aliphatic rings. The molecule has 0 saturated heterocycles. The van der Waals surface area contributed by atoms with E-state index in [1.54, 1.807) is 0 Å². The maximum Gasteiger partial charge on any atom is 0.142 e. The third-order valence-electron chi connectivity index (χ3n) is 2.27. The lowest BCUT2D eigenvalue weighted by atomic mass is 10.3. The largest absolute Gasteiger partial charge is 0.356 e.